The quantitative estimate of drug-likeness (QED) is 0.248. The van der Waals surface area contributed by atoms with Crippen LogP contribution in [0.5, 0.6) is 5.75 Å². The van der Waals surface area contributed by atoms with Gasteiger partial charge < -0.3 is 9.84 Å². The highest BCUT2D eigenvalue weighted by atomic mass is 35.5. The summed E-state index contributed by atoms with van der Waals surface area (Å²) in [5.74, 6) is -2.28. The van der Waals surface area contributed by atoms with E-state index in [-0.39, 0.29) is 26.9 Å². The second-order valence-corrected chi connectivity index (χ2v) is 8.52. The van der Waals surface area contributed by atoms with E-state index in [4.69, 9.17) is 27.9 Å². The summed E-state index contributed by atoms with van der Waals surface area (Å²) in [7, 11) is 0. The molecular formula is C26H20Cl2FNO4. The van der Waals surface area contributed by atoms with Crippen LogP contribution in [0.1, 0.15) is 29.7 Å². The van der Waals surface area contributed by atoms with E-state index in [9.17, 15) is 19.1 Å². The van der Waals surface area contributed by atoms with Crippen LogP contribution in [0.15, 0.2) is 66.2 Å². The predicted octanol–water partition coefficient (Wildman–Crippen LogP) is 6.47. The fraction of sp³-hybridized carbons (Fsp3) is 0.154. The van der Waals surface area contributed by atoms with Gasteiger partial charge in [-0.2, -0.15) is 0 Å². The number of Topliss-reactive ketones (excluding diaryl/α,β-unsaturated/α-hetero) is 1. The van der Waals surface area contributed by atoms with Crippen molar-refractivity contribution in [2.45, 2.75) is 19.9 Å². The van der Waals surface area contributed by atoms with Crippen molar-refractivity contribution in [3.8, 4) is 5.75 Å². The Labute approximate surface area is 206 Å². The first-order valence-electron chi connectivity index (χ1n) is 10.5. The third-order valence-electron chi connectivity index (χ3n) is 5.57. The average Bonchev–Trinajstić information content (AvgIpc) is 3.07. The van der Waals surface area contributed by atoms with Crippen LogP contribution in [0.3, 0.4) is 0 Å². The van der Waals surface area contributed by atoms with Gasteiger partial charge in [-0.15, -0.1) is 0 Å². The van der Waals surface area contributed by atoms with Gasteiger partial charge in [-0.3, -0.25) is 14.5 Å². The van der Waals surface area contributed by atoms with Gasteiger partial charge >= 0.3 is 0 Å². The van der Waals surface area contributed by atoms with Crippen LogP contribution in [0.4, 0.5) is 10.1 Å². The van der Waals surface area contributed by atoms with Crippen molar-refractivity contribution >= 4 is 46.3 Å². The Hall–Kier alpha value is -3.35. The number of ether oxygens (including phenoxy) is 1. The lowest BCUT2D eigenvalue weighted by Crippen LogP contribution is -2.29. The Morgan fingerprint density at radius 1 is 1.06 bits per heavy atom. The van der Waals surface area contributed by atoms with Gasteiger partial charge in [-0.25, -0.2) is 4.39 Å². The van der Waals surface area contributed by atoms with Gasteiger partial charge in [-0.1, -0.05) is 41.4 Å². The summed E-state index contributed by atoms with van der Waals surface area (Å²) >= 11 is 12.2. The number of halogens is 3. The summed E-state index contributed by atoms with van der Waals surface area (Å²) < 4.78 is 20.5. The van der Waals surface area contributed by atoms with Crippen molar-refractivity contribution in [3.05, 3.63) is 98.8 Å². The van der Waals surface area contributed by atoms with E-state index in [0.29, 0.717) is 17.9 Å². The number of amides is 1. The monoisotopic (exact) mass is 499 g/mol. The van der Waals surface area contributed by atoms with Crippen LogP contribution >= 0.6 is 23.2 Å². The third kappa shape index (κ3) is 4.15. The molecule has 0 aliphatic carbocycles. The summed E-state index contributed by atoms with van der Waals surface area (Å²) in [6.07, 6.45) is 0. The van der Waals surface area contributed by atoms with E-state index < -0.39 is 29.3 Å². The predicted molar refractivity (Wildman–Crippen MR) is 130 cm³/mol. The second-order valence-electron chi connectivity index (χ2n) is 7.70. The second kappa shape index (κ2) is 9.49. The fourth-order valence-corrected chi connectivity index (χ4v) is 4.29. The highest BCUT2D eigenvalue weighted by molar-refractivity contribution is 6.52. The molecule has 1 atom stereocenters. The Morgan fingerprint density at radius 3 is 2.44 bits per heavy atom. The lowest BCUT2D eigenvalue weighted by Gasteiger charge is -2.26. The van der Waals surface area contributed by atoms with Crippen molar-refractivity contribution in [3.63, 3.8) is 0 Å². The average molecular weight is 500 g/mol. The number of carbonyl (C=O) groups is 2. The van der Waals surface area contributed by atoms with Crippen LogP contribution in [-0.2, 0) is 9.59 Å². The number of anilines is 1. The molecule has 0 saturated carbocycles. The van der Waals surface area contributed by atoms with E-state index >= 15 is 0 Å². The van der Waals surface area contributed by atoms with Gasteiger partial charge in [0.05, 0.1) is 28.3 Å². The Kier molecular flexibility index (Phi) is 6.64. The summed E-state index contributed by atoms with van der Waals surface area (Å²) in [5, 5.41) is 11.6. The van der Waals surface area contributed by atoms with Crippen LogP contribution in [0.2, 0.25) is 10.0 Å². The number of aryl methyl sites for hydroxylation is 1. The molecule has 1 heterocycles. The Balaban J connectivity index is 1.94. The van der Waals surface area contributed by atoms with Crippen LogP contribution in [0, 0.1) is 12.7 Å². The number of rotatable bonds is 5. The van der Waals surface area contributed by atoms with Crippen molar-refractivity contribution in [1.82, 2.24) is 0 Å². The van der Waals surface area contributed by atoms with Gasteiger partial charge in [0, 0.05) is 16.8 Å². The minimum absolute atomic E-state index is 0.0528. The molecule has 1 N–H and O–H groups in total. The molecule has 1 aliphatic rings. The molecule has 34 heavy (non-hydrogen) atoms. The van der Waals surface area contributed by atoms with E-state index in [1.165, 1.54) is 36.4 Å². The zero-order valence-electron chi connectivity index (χ0n) is 18.3. The standard InChI is InChI=1S/C26H20Cl2FNO4/c1-3-34-21-11-8-15(12-14(21)2)24(31)22-23(17-6-4-5-7-20(17)29)30(26(33)25(22)32)16-9-10-18(27)19(28)13-16/h4-13,23,31H,3H2,1-2H3/b24-22+. The first kappa shape index (κ1) is 23.8. The number of aliphatic hydroxyl groups is 1. The van der Waals surface area contributed by atoms with Gasteiger partial charge in [0.15, 0.2) is 0 Å². The van der Waals surface area contributed by atoms with Crippen LogP contribution < -0.4 is 9.64 Å². The zero-order valence-corrected chi connectivity index (χ0v) is 19.8. The first-order chi connectivity index (χ1) is 16.2. The van der Waals surface area contributed by atoms with Gasteiger partial charge in [0.1, 0.15) is 17.3 Å². The van der Waals surface area contributed by atoms with E-state index in [1.54, 1.807) is 31.2 Å². The smallest absolute Gasteiger partial charge is 0.300 e. The van der Waals surface area contributed by atoms with Crippen molar-refractivity contribution < 1.29 is 23.8 Å². The molecule has 4 rings (SSSR count). The van der Waals surface area contributed by atoms with Gasteiger partial charge in [0.25, 0.3) is 11.7 Å². The normalized spacial score (nSPS) is 17.3. The maximum absolute atomic E-state index is 15.0. The fourth-order valence-electron chi connectivity index (χ4n) is 3.99. The van der Waals surface area contributed by atoms with Gasteiger partial charge in [0.2, 0.25) is 0 Å². The molecular weight excluding hydrogens is 480 g/mol. The maximum atomic E-state index is 15.0. The highest BCUT2D eigenvalue weighted by Crippen LogP contribution is 2.44. The molecule has 1 aliphatic heterocycles. The molecule has 3 aromatic carbocycles. The lowest BCUT2D eigenvalue weighted by molar-refractivity contribution is -0.132. The molecule has 0 radical (unpaired) electrons. The number of carbonyl (C=O) groups excluding carboxylic acids is 2. The number of nitrogens with zero attached hydrogens (tertiary/aromatic N) is 1. The third-order valence-corrected chi connectivity index (χ3v) is 6.31. The largest absolute Gasteiger partial charge is 0.507 e. The summed E-state index contributed by atoms with van der Waals surface area (Å²) in [6.45, 7) is 4.12. The number of hydrogen-bond acceptors (Lipinski definition) is 4. The first-order valence-corrected chi connectivity index (χ1v) is 11.2. The molecule has 1 saturated heterocycles. The molecule has 8 heteroatoms. The van der Waals surface area contributed by atoms with Crippen LogP contribution in [0.25, 0.3) is 5.76 Å². The highest BCUT2D eigenvalue weighted by Gasteiger charge is 2.48. The van der Waals surface area contributed by atoms with E-state index in [1.807, 2.05) is 6.92 Å². The molecule has 0 aromatic heterocycles. The molecule has 1 fully saturated rings. The van der Waals surface area contributed by atoms with Crippen molar-refractivity contribution in [1.29, 1.82) is 0 Å². The molecule has 0 spiro atoms. The maximum Gasteiger partial charge on any atom is 0.300 e. The number of benzene rings is 3. The Bertz CT molecular complexity index is 1340. The topological polar surface area (TPSA) is 66.8 Å². The number of hydrogen-bond donors (Lipinski definition) is 1. The molecule has 1 unspecified atom stereocenters. The minimum Gasteiger partial charge on any atom is -0.507 e. The molecule has 5 nitrogen and oxygen atoms in total. The van der Waals surface area contributed by atoms with E-state index in [0.717, 1.165) is 10.5 Å². The Morgan fingerprint density at radius 2 is 1.79 bits per heavy atom. The molecule has 3 aromatic rings. The van der Waals surface area contributed by atoms with Crippen molar-refractivity contribution in [2.75, 3.05) is 11.5 Å². The molecule has 1 amide bonds. The summed E-state index contributed by atoms with van der Waals surface area (Å²) in [4.78, 5) is 27.5. The summed E-state index contributed by atoms with van der Waals surface area (Å²) in [6, 6.07) is 13.9. The molecule has 0 bridgehead atoms. The number of aliphatic hydroxyl groups excluding tert-OH is 1. The van der Waals surface area contributed by atoms with Crippen molar-refractivity contribution in [2.24, 2.45) is 0 Å². The zero-order chi connectivity index (χ0) is 24.6. The minimum atomic E-state index is -1.22. The lowest BCUT2D eigenvalue weighted by atomic mass is 9.94. The molecule has 174 valence electrons. The van der Waals surface area contributed by atoms with Crippen LogP contribution in [-0.4, -0.2) is 23.4 Å². The summed E-state index contributed by atoms with van der Waals surface area (Å²) in [5.41, 5.74) is 1.09. The SMILES string of the molecule is CCOc1ccc(/C(O)=C2\C(=O)C(=O)N(c3ccc(Cl)c(Cl)c3)C2c2ccccc2F)cc1C. The van der Waals surface area contributed by atoms with E-state index in [2.05, 4.69) is 0 Å². The van der Waals surface area contributed by atoms with Gasteiger partial charge in [-0.05, 0) is 61.9 Å². The number of ketones is 1.